The summed E-state index contributed by atoms with van der Waals surface area (Å²) < 4.78 is 2.49. The van der Waals surface area contributed by atoms with Gasteiger partial charge in [-0.25, -0.2) is 0 Å². The van der Waals surface area contributed by atoms with Crippen molar-refractivity contribution in [1.29, 1.82) is 0 Å². The summed E-state index contributed by atoms with van der Waals surface area (Å²) in [5, 5.41) is 5.09. The van der Waals surface area contributed by atoms with Crippen LogP contribution in [0.3, 0.4) is 0 Å². The molecule has 0 saturated carbocycles. The summed E-state index contributed by atoms with van der Waals surface area (Å²) in [6, 6.07) is 75.2. The molecule has 0 bridgehead atoms. The molecule has 11 rings (SSSR count). The van der Waals surface area contributed by atoms with E-state index in [1.165, 1.54) is 77.1 Å². The smallest absolute Gasteiger partial charge is 0.0625 e. The van der Waals surface area contributed by atoms with Crippen LogP contribution >= 0.6 is 0 Å². The largest absolute Gasteiger partial charge is 0.311 e. The molecule has 0 N–H and O–H groups in total. The highest BCUT2D eigenvalue weighted by atomic mass is 15.1. The SMILES string of the molecule is c1ccc(-c2ccc(N(c3ccccc3)c3ccc(-n4c5ccccc5c5ccc6c(c54)-c4ccccc4-c4cccc5cccc-6c45)cc3)cc2)cc1. The zero-order valence-corrected chi connectivity index (χ0v) is 29.5. The fourth-order valence-corrected chi connectivity index (χ4v) is 8.76. The molecule has 10 aromatic rings. The molecule has 0 amide bonds. The van der Waals surface area contributed by atoms with Crippen LogP contribution in [0, 0.1) is 0 Å². The van der Waals surface area contributed by atoms with Crippen molar-refractivity contribution in [2.45, 2.75) is 0 Å². The van der Waals surface area contributed by atoms with E-state index in [1.54, 1.807) is 0 Å². The van der Waals surface area contributed by atoms with Gasteiger partial charge in [0.2, 0.25) is 0 Å². The van der Waals surface area contributed by atoms with Crippen LogP contribution in [0.5, 0.6) is 0 Å². The minimum Gasteiger partial charge on any atom is -0.311 e. The Morgan fingerprint density at radius 1 is 0.333 bits per heavy atom. The number of anilines is 3. The Balaban J connectivity index is 1.12. The second-order valence-electron chi connectivity index (χ2n) is 14.1. The Morgan fingerprint density at radius 3 is 1.63 bits per heavy atom. The molecular formula is C52H34N2. The molecule has 0 radical (unpaired) electrons. The van der Waals surface area contributed by atoms with Crippen LogP contribution < -0.4 is 4.90 Å². The van der Waals surface area contributed by atoms with Gasteiger partial charge in [0.25, 0.3) is 0 Å². The third-order valence-corrected chi connectivity index (χ3v) is 11.1. The summed E-state index contributed by atoms with van der Waals surface area (Å²) in [4.78, 5) is 2.34. The molecule has 0 atom stereocenters. The fourth-order valence-electron chi connectivity index (χ4n) is 8.76. The topological polar surface area (TPSA) is 8.17 Å². The zero-order valence-electron chi connectivity index (χ0n) is 29.5. The quantitative estimate of drug-likeness (QED) is 0.175. The molecular weight excluding hydrogens is 653 g/mol. The van der Waals surface area contributed by atoms with E-state index in [1.807, 2.05) is 0 Å². The number of hydrogen-bond donors (Lipinski definition) is 0. The lowest BCUT2D eigenvalue weighted by atomic mass is 9.91. The van der Waals surface area contributed by atoms with Gasteiger partial charge in [0, 0.05) is 39.1 Å². The molecule has 2 nitrogen and oxygen atoms in total. The van der Waals surface area contributed by atoms with Crippen molar-refractivity contribution in [3.8, 4) is 50.2 Å². The molecule has 0 spiro atoms. The normalized spacial score (nSPS) is 11.7. The second-order valence-corrected chi connectivity index (χ2v) is 14.1. The Labute approximate surface area is 314 Å². The van der Waals surface area contributed by atoms with Gasteiger partial charge in [0.15, 0.2) is 0 Å². The lowest BCUT2D eigenvalue weighted by molar-refractivity contribution is 1.17. The molecule has 0 unspecified atom stereocenters. The highest BCUT2D eigenvalue weighted by Crippen LogP contribution is 2.51. The first-order chi connectivity index (χ1) is 26.8. The number of nitrogens with zero attached hydrogens (tertiary/aromatic N) is 2. The van der Waals surface area contributed by atoms with Crippen LogP contribution in [-0.2, 0) is 0 Å². The van der Waals surface area contributed by atoms with Gasteiger partial charge >= 0.3 is 0 Å². The maximum Gasteiger partial charge on any atom is 0.0625 e. The van der Waals surface area contributed by atoms with Crippen molar-refractivity contribution < 1.29 is 0 Å². The van der Waals surface area contributed by atoms with Crippen molar-refractivity contribution in [2.75, 3.05) is 4.90 Å². The van der Waals surface area contributed by atoms with Gasteiger partial charge in [0.05, 0.1) is 11.0 Å². The van der Waals surface area contributed by atoms with Gasteiger partial charge in [-0.1, -0.05) is 152 Å². The lowest BCUT2D eigenvalue weighted by Gasteiger charge is -2.26. The molecule has 1 aliphatic rings. The van der Waals surface area contributed by atoms with E-state index in [0.29, 0.717) is 0 Å². The molecule has 9 aromatic carbocycles. The minimum atomic E-state index is 1.10. The van der Waals surface area contributed by atoms with Crippen molar-refractivity contribution in [1.82, 2.24) is 4.57 Å². The highest BCUT2D eigenvalue weighted by Gasteiger charge is 2.26. The number of hydrogen-bond acceptors (Lipinski definition) is 1. The molecule has 0 fully saturated rings. The van der Waals surface area contributed by atoms with E-state index in [4.69, 9.17) is 0 Å². The average molecular weight is 687 g/mol. The number of aromatic nitrogens is 1. The molecule has 2 heteroatoms. The Bertz CT molecular complexity index is 3010. The van der Waals surface area contributed by atoms with Crippen LogP contribution in [0.25, 0.3) is 82.8 Å². The summed E-state index contributed by atoms with van der Waals surface area (Å²) in [5.41, 5.74) is 16.9. The summed E-state index contributed by atoms with van der Waals surface area (Å²) in [6.45, 7) is 0. The molecule has 252 valence electrons. The third-order valence-electron chi connectivity index (χ3n) is 11.1. The van der Waals surface area contributed by atoms with E-state index in [9.17, 15) is 0 Å². The van der Waals surface area contributed by atoms with Gasteiger partial charge in [-0.05, 0) is 104 Å². The van der Waals surface area contributed by atoms with Crippen molar-refractivity contribution >= 4 is 49.6 Å². The van der Waals surface area contributed by atoms with E-state index in [-0.39, 0.29) is 0 Å². The molecule has 54 heavy (non-hydrogen) atoms. The molecule has 1 heterocycles. The molecule has 1 aliphatic carbocycles. The van der Waals surface area contributed by atoms with Crippen LogP contribution in [-0.4, -0.2) is 4.57 Å². The summed E-state index contributed by atoms with van der Waals surface area (Å²) in [6.07, 6.45) is 0. The first-order valence-electron chi connectivity index (χ1n) is 18.6. The third kappa shape index (κ3) is 4.67. The summed E-state index contributed by atoms with van der Waals surface area (Å²) in [5.74, 6) is 0. The van der Waals surface area contributed by atoms with Gasteiger partial charge in [-0.2, -0.15) is 0 Å². The van der Waals surface area contributed by atoms with Gasteiger partial charge in [-0.15, -0.1) is 0 Å². The monoisotopic (exact) mass is 686 g/mol. The first-order valence-corrected chi connectivity index (χ1v) is 18.6. The van der Waals surface area contributed by atoms with E-state index < -0.39 is 0 Å². The molecule has 0 aliphatic heterocycles. The number of benzene rings is 9. The van der Waals surface area contributed by atoms with Crippen molar-refractivity contribution in [2.24, 2.45) is 0 Å². The summed E-state index contributed by atoms with van der Waals surface area (Å²) >= 11 is 0. The van der Waals surface area contributed by atoms with Gasteiger partial charge in [-0.3, -0.25) is 0 Å². The van der Waals surface area contributed by atoms with Gasteiger partial charge in [0.1, 0.15) is 0 Å². The first kappa shape index (κ1) is 30.5. The Morgan fingerprint density at radius 2 is 0.889 bits per heavy atom. The van der Waals surface area contributed by atoms with Crippen molar-refractivity contribution in [3.63, 3.8) is 0 Å². The predicted molar refractivity (Wildman–Crippen MR) is 228 cm³/mol. The average Bonchev–Trinajstić information content (AvgIpc) is 3.52. The van der Waals surface area contributed by atoms with Crippen LogP contribution in [0.4, 0.5) is 17.1 Å². The number of para-hydroxylation sites is 2. The zero-order chi connectivity index (χ0) is 35.6. The fraction of sp³-hybridized carbons (Fsp3) is 0. The van der Waals surface area contributed by atoms with Crippen LogP contribution in [0.2, 0.25) is 0 Å². The standard InChI is InChI=1S/C52H34N2/c1-3-13-35(14-4-1)36-25-27-39(28-26-36)53(38-17-5-2-6-18-38)40-29-31-41(32-30-40)54-49-24-10-9-20-43(49)48-34-33-47-46-23-12-16-37-15-11-22-44(50(37)46)42-19-7-8-21-45(42)51(47)52(48)54/h1-34H. The lowest BCUT2D eigenvalue weighted by Crippen LogP contribution is -2.10. The molecule has 0 saturated heterocycles. The maximum atomic E-state index is 2.49. The number of fused-ring (bicyclic) bond motifs is 9. The minimum absolute atomic E-state index is 1.10. The highest BCUT2D eigenvalue weighted by molar-refractivity contribution is 6.21. The van der Waals surface area contributed by atoms with Crippen LogP contribution in [0.15, 0.2) is 206 Å². The number of rotatable bonds is 5. The van der Waals surface area contributed by atoms with Crippen molar-refractivity contribution in [3.05, 3.63) is 206 Å². The summed E-state index contributed by atoms with van der Waals surface area (Å²) in [7, 11) is 0. The van der Waals surface area contributed by atoms with E-state index in [2.05, 4.69) is 216 Å². The Hall–Kier alpha value is -7.16. The van der Waals surface area contributed by atoms with E-state index >= 15 is 0 Å². The maximum absolute atomic E-state index is 2.49. The predicted octanol–water partition coefficient (Wildman–Crippen LogP) is 14.4. The Kier molecular flexibility index (Phi) is 6.90. The van der Waals surface area contributed by atoms with Crippen LogP contribution in [0.1, 0.15) is 0 Å². The second kappa shape index (κ2) is 12.2. The van der Waals surface area contributed by atoms with Gasteiger partial charge < -0.3 is 9.47 Å². The van der Waals surface area contributed by atoms with E-state index in [0.717, 1.165) is 22.7 Å². The molecule has 1 aromatic heterocycles.